The van der Waals surface area contributed by atoms with Gasteiger partial charge in [0.2, 0.25) is 5.78 Å². The molecular formula is C7H14ClNaO6S. The number of carbonyl (C=O) groups is 2. The van der Waals surface area contributed by atoms with Crippen molar-refractivity contribution in [1.82, 2.24) is 0 Å². The minimum atomic E-state index is -2.61. The maximum atomic E-state index is 10.5. The summed E-state index contributed by atoms with van der Waals surface area (Å²) in [6, 6.07) is 0. The molecule has 0 saturated carbocycles. The van der Waals surface area contributed by atoms with Gasteiger partial charge >= 0.3 is 35.5 Å². The van der Waals surface area contributed by atoms with E-state index in [4.69, 9.17) is 30.0 Å². The van der Waals surface area contributed by atoms with E-state index >= 15 is 0 Å². The number of carboxylic acid groups (broad SMARTS) is 1. The third-order valence-corrected chi connectivity index (χ3v) is 1.54. The number of alkyl halides is 1. The molecular weight excluding hydrogens is 271 g/mol. The second-order valence-corrected chi connectivity index (χ2v) is 3.30. The molecule has 0 aromatic rings. The molecule has 6 nitrogen and oxygen atoms in total. The van der Waals surface area contributed by atoms with Crippen LogP contribution in [0.5, 0.6) is 0 Å². The van der Waals surface area contributed by atoms with Crippen molar-refractivity contribution in [1.29, 1.82) is 0 Å². The second-order valence-electron chi connectivity index (χ2n) is 2.46. The molecule has 16 heavy (non-hydrogen) atoms. The van der Waals surface area contributed by atoms with Crippen LogP contribution in [0.4, 0.5) is 0 Å². The molecule has 0 heterocycles. The number of hydrogen-bond acceptors (Lipinski definition) is 3. The Morgan fingerprint density at radius 3 is 1.94 bits per heavy atom. The third kappa shape index (κ3) is 24.0. The van der Waals surface area contributed by atoms with E-state index in [0.29, 0.717) is 12.3 Å². The number of hydrogen-bond donors (Lipinski definition) is 3. The van der Waals surface area contributed by atoms with Gasteiger partial charge in [-0.15, -0.1) is 11.6 Å². The van der Waals surface area contributed by atoms with Gasteiger partial charge < -0.3 is 6.53 Å². The van der Waals surface area contributed by atoms with Gasteiger partial charge in [-0.1, -0.05) is 6.42 Å². The first-order chi connectivity index (χ1) is 6.91. The summed E-state index contributed by atoms with van der Waals surface area (Å²) in [5.74, 6) is -1.48. The topological polar surface area (TPSA) is 112 Å². The summed E-state index contributed by atoms with van der Waals surface area (Å²) in [6.45, 7) is 0. The van der Waals surface area contributed by atoms with E-state index in [1.165, 1.54) is 0 Å². The summed E-state index contributed by atoms with van der Waals surface area (Å²) in [7, 11) is 0. The summed E-state index contributed by atoms with van der Waals surface area (Å²) >= 11 is 2.77. The molecule has 0 bridgehead atoms. The fourth-order valence-electron chi connectivity index (χ4n) is 0.664. The molecule has 92 valence electrons. The van der Waals surface area contributed by atoms with Gasteiger partial charge in [0.05, 0.1) is 0 Å². The molecule has 9 heteroatoms. The molecule has 0 radical (unpaired) electrons. The molecule has 0 aliphatic heterocycles. The molecule has 0 saturated heterocycles. The first-order valence-corrected chi connectivity index (χ1v) is 5.63. The van der Waals surface area contributed by atoms with Crippen LogP contribution < -0.4 is 29.6 Å². The molecule has 0 aromatic heterocycles. The van der Waals surface area contributed by atoms with E-state index in [1.807, 2.05) is 0 Å². The Kier molecular flexibility index (Phi) is 21.1. The van der Waals surface area contributed by atoms with Gasteiger partial charge in [-0.25, -0.2) is 4.79 Å². The molecule has 0 spiro atoms. The van der Waals surface area contributed by atoms with E-state index in [2.05, 4.69) is 0 Å². The number of ketones is 1. The van der Waals surface area contributed by atoms with Crippen LogP contribution in [-0.4, -0.2) is 36.1 Å². The SMILES string of the molecule is O=C(O)C(=O)CCCCCCl.O=S(O)O.[H-].[Na+]. The zero-order valence-corrected chi connectivity index (χ0v) is 12.5. The summed E-state index contributed by atoms with van der Waals surface area (Å²) < 4.78 is 22.8. The van der Waals surface area contributed by atoms with E-state index in [9.17, 15) is 9.59 Å². The van der Waals surface area contributed by atoms with Gasteiger partial charge in [-0.05, 0) is 12.8 Å². The van der Waals surface area contributed by atoms with Crippen LogP contribution in [0, 0.1) is 0 Å². The quantitative estimate of drug-likeness (QED) is 0.175. The monoisotopic (exact) mass is 284 g/mol. The molecule has 0 rings (SSSR count). The van der Waals surface area contributed by atoms with Gasteiger partial charge in [0.15, 0.2) is 0 Å². The van der Waals surface area contributed by atoms with Crippen LogP contribution in [0.3, 0.4) is 0 Å². The first-order valence-electron chi connectivity index (χ1n) is 4.03. The average molecular weight is 285 g/mol. The maximum absolute atomic E-state index is 10.5. The smallest absolute Gasteiger partial charge is 1.00 e. The normalized spacial score (nSPS) is 8.75. The second kappa shape index (κ2) is 15.5. The molecule has 0 aliphatic carbocycles. The Bertz CT molecular complexity index is 226. The van der Waals surface area contributed by atoms with Crippen LogP contribution in [0.25, 0.3) is 0 Å². The average Bonchev–Trinajstić information content (AvgIpc) is 2.11. The van der Waals surface area contributed by atoms with Gasteiger partial charge in [0.1, 0.15) is 0 Å². The standard InChI is InChI=1S/C7H11ClO3.Na.H2O3S.H/c8-5-3-1-2-4-6(9)7(10)11;;1-4(2)3;/h1-5H2,(H,10,11);;(H2,1,2,3);/q;+1;;-1. The van der Waals surface area contributed by atoms with Crippen molar-refractivity contribution in [3.05, 3.63) is 0 Å². The Morgan fingerprint density at radius 1 is 1.19 bits per heavy atom. The van der Waals surface area contributed by atoms with Crippen molar-refractivity contribution in [2.75, 3.05) is 5.88 Å². The number of carbonyl (C=O) groups excluding carboxylic acids is 1. The fraction of sp³-hybridized carbons (Fsp3) is 0.714. The largest absolute Gasteiger partial charge is 1.00 e. The minimum absolute atomic E-state index is 0. The summed E-state index contributed by atoms with van der Waals surface area (Å²) in [5.41, 5.74) is 0. The van der Waals surface area contributed by atoms with Crippen LogP contribution in [0.15, 0.2) is 0 Å². The van der Waals surface area contributed by atoms with E-state index in [-0.39, 0.29) is 37.4 Å². The maximum Gasteiger partial charge on any atom is 1.00 e. The molecule has 0 aromatic carbocycles. The molecule has 0 atom stereocenters. The number of rotatable bonds is 6. The summed E-state index contributed by atoms with van der Waals surface area (Å²) in [4.78, 5) is 20.5. The minimum Gasteiger partial charge on any atom is -1.00 e. The van der Waals surface area contributed by atoms with E-state index in [1.54, 1.807) is 0 Å². The molecule has 0 amide bonds. The number of carboxylic acids is 1. The molecule has 0 aliphatic rings. The predicted octanol–water partition coefficient (Wildman–Crippen LogP) is -1.76. The number of aliphatic carboxylic acids is 1. The van der Waals surface area contributed by atoms with Crippen LogP contribution >= 0.6 is 11.6 Å². The summed E-state index contributed by atoms with van der Waals surface area (Å²) in [5, 5.41) is 8.16. The van der Waals surface area contributed by atoms with E-state index < -0.39 is 23.1 Å². The Morgan fingerprint density at radius 2 is 1.62 bits per heavy atom. The predicted molar refractivity (Wildman–Crippen MR) is 56.3 cm³/mol. The van der Waals surface area contributed by atoms with Gasteiger partial charge in [-0.2, -0.15) is 4.21 Å². The van der Waals surface area contributed by atoms with Crippen molar-refractivity contribution in [2.24, 2.45) is 0 Å². The molecule has 0 fully saturated rings. The van der Waals surface area contributed by atoms with E-state index in [0.717, 1.165) is 12.8 Å². The number of Topliss-reactive ketones (excluding diaryl/α,β-unsaturated/α-hetero) is 1. The number of halogens is 1. The van der Waals surface area contributed by atoms with Gasteiger partial charge in [-0.3, -0.25) is 13.9 Å². The Balaban J connectivity index is -0.000000123. The van der Waals surface area contributed by atoms with Crippen LogP contribution in [0.2, 0.25) is 0 Å². The van der Waals surface area contributed by atoms with Crippen molar-refractivity contribution < 1.29 is 59.0 Å². The first kappa shape index (κ1) is 21.8. The zero-order chi connectivity index (χ0) is 12.3. The molecule has 0 unspecified atom stereocenters. The van der Waals surface area contributed by atoms with Crippen molar-refractivity contribution >= 4 is 34.7 Å². The Hall–Kier alpha value is 0.500. The molecule has 3 N–H and O–H groups in total. The van der Waals surface area contributed by atoms with Crippen molar-refractivity contribution in [2.45, 2.75) is 25.7 Å². The van der Waals surface area contributed by atoms with Crippen molar-refractivity contribution in [3.8, 4) is 0 Å². The van der Waals surface area contributed by atoms with Gasteiger partial charge in [0, 0.05) is 12.3 Å². The fourth-order valence-corrected chi connectivity index (χ4v) is 0.853. The Labute approximate surface area is 125 Å². The number of unbranched alkanes of at least 4 members (excludes halogenated alkanes) is 2. The summed E-state index contributed by atoms with van der Waals surface area (Å²) in [6.07, 6.45) is 2.42. The zero-order valence-electron chi connectivity index (χ0n) is 9.89. The van der Waals surface area contributed by atoms with Crippen molar-refractivity contribution in [3.63, 3.8) is 0 Å². The van der Waals surface area contributed by atoms with Crippen LogP contribution in [-0.2, 0) is 21.0 Å². The third-order valence-electron chi connectivity index (χ3n) is 1.28. The van der Waals surface area contributed by atoms with Gasteiger partial charge in [0.25, 0.3) is 11.4 Å². The van der Waals surface area contributed by atoms with Crippen LogP contribution in [0.1, 0.15) is 27.1 Å².